The molecule has 0 radical (unpaired) electrons. The summed E-state index contributed by atoms with van der Waals surface area (Å²) in [5.41, 5.74) is 1.08. The van der Waals surface area contributed by atoms with Gasteiger partial charge in [-0.05, 0) is 42.5 Å². The van der Waals surface area contributed by atoms with Crippen LogP contribution in [0.1, 0.15) is 24.1 Å². The molecule has 5 nitrogen and oxygen atoms in total. The Morgan fingerprint density at radius 3 is 2.42 bits per heavy atom. The summed E-state index contributed by atoms with van der Waals surface area (Å²) < 4.78 is 38.0. The van der Waals surface area contributed by atoms with Crippen LogP contribution in [-0.2, 0) is 12.7 Å². The molecule has 3 rings (SSSR count). The molecule has 0 unspecified atom stereocenters. The van der Waals surface area contributed by atoms with E-state index in [9.17, 15) is 18.3 Å². The van der Waals surface area contributed by atoms with Crippen molar-refractivity contribution in [3.63, 3.8) is 0 Å². The molecule has 0 saturated carbocycles. The molecule has 1 saturated heterocycles. The Morgan fingerprint density at radius 1 is 1.12 bits per heavy atom. The second-order valence-electron chi connectivity index (χ2n) is 6.40. The van der Waals surface area contributed by atoms with E-state index in [1.807, 2.05) is 24.3 Å². The molecular weight excluding hydrogens is 345 g/mol. The van der Waals surface area contributed by atoms with Crippen LogP contribution in [-0.4, -0.2) is 34.8 Å². The fourth-order valence-corrected chi connectivity index (χ4v) is 2.98. The van der Waals surface area contributed by atoms with Crippen LogP contribution in [0.4, 0.5) is 24.8 Å². The molecule has 0 amide bonds. The molecule has 1 fully saturated rings. The number of alkyl halides is 3. The molecule has 140 valence electrons. The van der Waals surface area contributed by atoms with E-state index >= 15 is 0 Å². The number of halogens is 3. The molecule has 8 heteroatoms. The van der Waals surface area contributed by atoms with Gasteiger partial charge in [0.25, 0.3) is 0 Å². The van der Waals surface area contributed by atoms with Crippen molar-refractivity contribution in [2.24, 2.45) is 5.92 Å². The van der Waals surface area contributed by atoms with Crippen LogP contribution >= 0.6 is 0 Å². The molecule has 0 spiro atoms. The van der Waals surface area contributed by atoms with E-state index in [1.54, 1.807) is 0 Å². The highest BCUT2D eigenvalue weighted by molar-refractivity contribution is 5.48. The molecule has 26 heavy (non-hydrogen) atoms. The van der Waals surface area contributed by atoms with Crippen molar-refractivity contribution in [1.29, 1.82) is 0 Å². The van der Waals surface area contributed by atoms with Gasteiger partial charge < -0.3 is 15.3 Å². The molecular formula is C18H21F3N4O. The van der Waals surface area contributed by atoms with E-state index in [0.717, 1.165) is 49.4 Å². The average Bonchev–Trinajstić information content (AvgIpc) is 2.66. The van der Waals surface area contributed by atoms with Crippen molar-refractivity contribution in [1.82, 2.24) is 9.97 Å². The lowest BCUT2D eigenvalue weighted by Crippen LogP contribution is -2.34. The number of aromatic nitrogens is 2. The minimum atomic E-state index is -4.48. The van der Waals surface area contributed by atoms with Crippen molar-refractivity contribution in [3.8, 4) is 0 Å². The predicted molar refractivity (Wildman–Crippen MR) is 92.8 cm³/mol. The lowest BCUT2D eigenvalue weighted by atomic mass is 9.97. The van der Waals surface area contributed by atoms with E-state index < -0.39 is 11.9 Å². The van der Waals surface area contributed by atoms with E-state index in [1.165, 1.54) is 0 Å². The zero-order valence-corrected chi connectivity index (χ0v) is 14.2. The first-order valence-corrected chi connectivity index (χ1v) is 8.54. The number of nitrogens with one attached hydrogen (secondary N) is 1. The van der Waals surface area contributed by atoms with Crippen LogP contribution in [0.3, 0.4) is 0 Å². The number of anilines is 2. The maximum absolute atomic E-state index is 12.7. The van der Waals surface area contributed by atoms with Gasteiger partial charge in [0.1, 0.15) is 5.69 Å². The summed E-state index contributed by atoms with van der Waals surface area (Å²) in [5, 5.41) is 12.0. The molecule has 2 heterocycles. The first-order chi connectivity index (χ1) is 12.5. The van der Waals surface area contributed by atoms with Crippen molar-refractivity contribution < 1.29 is 18.3 Å². The van der Waals surface area contributed by atoms with Gasteiger partial charge in [0.05, 0.1) is 0 Å². The van der Waals surface area contributed by atoms with Crippen LogP contribution < -0.4 is 10.2 Å². The molecule has 2 aromatic rings. The summed E-state index contributed by atoms with van der Waals surface area (Å²) in [7, 11) is 0. The molecule has 0 bridgehead atoms. The van der Waals surface area contributed by atoms with Crippen molar-refractivity contribution in [2.45, 2.75) is 25.6 Å². The van der Waals surface area contributed by atoms with Crippen molar-refractivity contribution in [2.75, 3.05) is 29.9 Å². The van der Waals surface area contributed by atoms with Crippen molar-refractivity contribution >= 4 is 11.6 Å². The SMILES string of the molecule is OCC1CCN(c2ccc(CNc3nccc(C(F)(F)F)n3)cc2)CC1. The molecule has 2 N–H and O–H groups in total. The standard InChI is InChI=1S/C18H21F3N4O/c19-18(20,21)16-5-8-22-17(24-16)23-11-13-1-3-15(4-2-13)25-9-6-14(12-26)7-10-25/h1-5,8,14,26H,6-7,9-12H2,(H,22,23,24). The first kappa shape index (κ1) is 18.4. The van der Waals surface area contributed by atoms with Crippen LogP contribution in [0.2, 0.25) is 0 Å². The Morgan fingerprint density at radius 2 is 1.81 bits per heavy atom. The molecule has 1 aliphatic rings. The monoisotopic (exact) mass is 366 g/mol. The highest BCUT2D eigenvalue weighted by Gasteiger charge is 2.32. The topological polar surface area (TPSA) is 61.3 Å². The third kappa shape index (κ3) is 4.63. The highest BCUT2D eigenvalue weighted by Crippen LogP contribution is 2.27. The lowest BCUT2D eigenvalue weighted by Gasteiger charge is -2.33. The van der Waals surface area contributed by atoms with Gasteiger partial charge in [-0.1, -0.05) is 12.1 Å². The lowest BCUT2D eigenvalue weighted by molar-refractivity contribution is -0.141. The summed E-state index contributed by atoms with van der Waals surface area (Å²) in [6.45, 7) is 2.42. The van der Waals surface area contributed by atoms with Gasteiger partial charge in [-0.15, -0.1) is 0 Å². The summed E-state index contributed by atoms with van der Waals surface area (Å²) in [6.07, 6.45) is -1.43. The third-order valence-electron chi connectivity index (χ3n) is 4.57. The number of aliphatic hydroxyl groups is 1. The number of aliphatic hydroxyl groups excluding tert-OH is 1. The number of piperidine rings is 1. The smallest absolute Gasteiger partial charge is 0.396 e. The second-order valence-corrected chi connectivity index (χ2v) is 6.40. The largest absolute Gasteiger partial charge is 0.433 e. The summed E-state index contributed by atoms with van der Waals surface area (Å²) in [4.78, 5) is 9.59. The predicted octanol–water partition coefficient (Wildman–Crippen LogP) is 3.32. The number of benzene rings is 1. The Bertz CT molecular complexity index is 713. The zero-order valence-electron chi connectivity index (χ0n) is 14.2. The molecule has 0 atom stereocenters. The Balaban J connectivity index is 1.57. The summed E-state index contributed by atoms with van der Waals surface area (Å²) in [6, 6.07) is 8.73. The van der Waals surface area contributed by atoms with Gasteiger partial charge in [0.2, 0.25) is 5.95 Å². The van der Waals surface area contributed by atoms with E-state index in [0.29, 0.717) is 12.5 Å². The first-order valence-electron chi connectivity index (χ1n) is 8.54. The quantitative estimate of drug-likeness (QED) is 0.850. The highest BCUT2D eigenvalue weighted by atomic mass is 19.4. The molecule has 1 aromatic carbocycles. The summed E-state index contributed by atoms with van der Waals surface area (Å²) in [5.74, 6) is 0.345. The fourth-order valence-electron chi connectivity index (χ4n) is 2.98. The van der Waals surface area contributed by atoms with Gasteiger partial charge >= 0.3 is 6.18 Å². The van der Waals surface area contributed by atoms with Crippen LogP contribution in [0, 0.1) is 5.92 Å². The van der Waals surface area contributed by atoms with Gasteiger partial charge in [-0.25, -0.2) is 9.97 Å². The van der Waals surface area contributed by atoms with Gasteiger partial charge in [-0.3, -0.25) is 0 Å². The third-order valence-corrected chi connectivity index (χ3v) is 4.57. The Kier molecular flexibility index (Phi) is 5.61. The Hall–Kier alpha value is -2.35. The maximum atomic E-state index is 12.7. The van der Waals surface area contributed by atoms with Gasteiger partial charge in [0.15, 0.2) is 0 Å². The number of nitrogens with zero attached hydrogens (tertiary/aromatic N) is 3. The minimum Gasteiger partial charge on any atom is -0.396 e. The molecule has 0 aliphatic carbocycles. The second kappa shape index (κ2) is 7.90. The van der Waals surface area contributed by atoms with Crippen LogP contribution in [0.15, 0.2) is 36.5 Å². The number of rotatable bonds is 5. The fraction of sp³-hybridized carbons (Fsp3) is 0.444. The van der Waals surface area contributed by atoms with Gasteiger partial charge in [0, 0.05) is 38.1 Å². The van der Waals surface area contributed by atoms with E-state index in [2.05, 4.69) is 20.2 Å². The zero-order chi connectivity index (χ0) is 18.6. The molecule has 1 aliphatic heterocycles. The van der Waals surface area contributed by atoms with Crippen molar-refractivity contribution in [3.05, 3.63) is 47.8 Å². The Labute approximate surface area is 149 Å². The van der Waals surface area contributed by atoms with E-state index in [4.69, 9.17) is 0 Å². The minimum absolute atomic E-state index is 0.0463. The normalized spacial score (nSPS) is 15.9. The number of hydrogen-bond acceptors (Lipinski definition) is 5. The average molecular weight is 366 g/mol. The van der Waals surface area contributed by atoms with Crippen LogP contribution in [0.25, 0.3) is 0 Å². The van der Waals surface area contributed by atoms with E-state index in [-0.39, 0.29) is 12.6 Å². The number of hydrogen-bond donors (Lipinski definition) is 2. The van der Waals surface area contributed by atoms with Crippen LogP contribution in [0.5, 0.6) is 0 Å². The molecule has 1 aromatic heterocycles. The maximum Gasteiger partial charge on any atom is 0.433 e. The van der Waals surface area contributed by atoms with Gasteiger partial charge in [-0.2, -0.15) is 13.2 Å². The summed E-state index contributed by atoms with van der Waals surface area (Å²) >= 11 is 0.